The second kappa shape index (κ2) is 4.63. The number of anilines is 1. The van der Waals surface area contributed by atoms with E-state index in [9.17, 15) is 0 Å². The summed E-state index contributed by atoms with van der Waals surface area (Å²) in [4.78, 5) is 2.28. The fourth-order valence-electron chi connectivity index (χ4n) is 2.84. The lowest BCUT2D eigenvalue weighted by atomic mass is 9.89. The average Bonchev–Trinajstić information content (AvgIpc) is 3.23. The Labute approximate surface area is 108 Å². The monoisotopic (exact) mass is 243 g/mol. The number of nitrogens with one attached hydrogen (secondary N) is 1. The van der Waals surface area contributed by atoms with Gasteiger partial charge in [-0.25, -0.2) is 0 Å². The number of nitrogen functional groups attached to an aromatic ring is 1. The van der Waals surface area contributed by atoms with Crippen molar-refractivity contribution in [3.8, 4) is 0 Å². The van der Waals surface area contributed by atoms with Crippen molar-refractivity contribution >= 4 is 11.5 Å². The van der Waals surface area contributed by atoms with Crippen LogP contribution in [0.5, 0.6) is 0 Å². The van der Waals surface area contributed by atoms with Crippen molar-refractivity contribution in [2.75, 3.05) is 18.8 Å². The summed E-state index contributed by atoms with van der Waals surface area (Å²) in [5.74, 6) is 2.12. The second-order valence-corrected chi connectivity index (χ2v) is 5.59. The Hall–Kier alpha value is -1.51. The van der Waals surface area contributed by atoms with E-state index in [4.69, 9.17) is 11.1 Å². The molecule has 0 amide bonds. The number of amidine groups is 1. The van der Waals surface area contributed by atoms with Crippen molar-refractivity contribution in [1.29, 1.82) is 5.41 Å². The molecule has 3 nitrogen and oxygen atoms in total. The number of rotatable bonds is 2. The molecule has 1 heterocycles. The number of hydrogen-bond donors (Lipinski definition) is 2. The molecular formula is C15H21N3. The van der Waals surface area contributed by atoms with E-state index in [0.717, 1.165) is 24.6 Å². The predicted octanol–water partition coefficient (Wildman–Crippen LogP) is 2.84. The van der Waals surface area contributed by atoms with E-state index in [-0.39, 0.29) is 0 Å². The van der Waals surface area contributed by atoms with Crippen molar-refractivity contribution in [2.24, 2.45) is 5.92 Å². The van der Waals surface area contributed by atoms with E-state index < -0.39 is 0 Å². The first-order valence-electron chi connectivity index (χ1n) is 6.93. The van der Waals surface area contributed by atoms with Crippen molar-refractivity contribution in [2.45, 2.75) is 31.6 Å². The SMILES string of the molecule is N=C(C1CC1)N1CCC(c2ccc(N)cc2)CC1. The lowest BCUT2D eigenvalue weighted by Crippen LogP contribution is -2.38. The molecule has 3 N–H and O–H groups in total. The zero-order chi connectivity index (χ0) is 12.5. The summed E-state index contributed by atoms with van der Waals surface area (Å²) in [6.07, 6.45) is 4.80. The molecule has 1 aromatic rings. The smallest absolute Gasteiger partial charge is 0.0989 e. The van der Waals surface area contributed by atoms with E-state index >= 15 is 0 Å². The molecule has 0 unspecified atom stereocenters. The Morgan fingerprint density at radius 3 is 2.22 bits per heavy atom. The average molecular weight is 243 g/mol. The molecule has 1 aliphatic heterocycles. The number of nitrogens with zero attached hydrogens (tertiary/aromatic N) is 1. The van der Waals surface area contributed by atoms with E-state index in [1.165, 1.54) is 31.2 Å². The van der Waals surface area contributed by atoms with Gasteiger partial charge in [-0.1, -0.05) is 12.1 Å². The summed E-state index contributed by atoms with van der Waals surface area (Å²) in [6.45, 7) is 2.09. The van der Waals surface area contributed by atoms with E-state index in [0.29, 0.717) is 11.8 Å². The van der Waals surface area contributed by atoms with Crippen molar-refractivity contribution in [1.82, 2.24) is 4.90 Å². The number of benzene rings is 1. The van der Waals surface area contributed by atoms with Gasteiger partial charge in [-0.15, -0.1) is 0 Å². The first-order valence-corrected chi connectivity index (χ1v) is 6.93. The largest absolute Gasteiger partial charge is 0.399 e. The third kappa shape index (κ3) is 2.35. The van der Waals surface area contributed by atoms with Gasteiger partial charge in [0.2, 0.25) is 0 Å². The van der Waals surface area contributed by atoms with E-state index in [2.05, 4.69) is 17.0 Å². The maximum absolute atomic E-state index is 8.11. The fourth-order valence-corrected chi connectivity index (χ4v) is 2.84. The minimum atomic E-state index is 0.582. The molecule has 18 heavy (non-hydrogen) atoms. The van der Waals surface area contributed by atoms with Gasteiger partial charge in [0.25, 0.3) is 0 Å². The molecule has 1 saturated carbocycles. The Morgan fingerprint density at radius 1 is 1.06 bits per heavy atom. The van der Waals surface area contributed by atoms with Crippen LogP contribution in [0.2, 0.25) is 0 Å². The van der Waals surface area contributed by atoms with Gasteiger partial charge >= 0.3 is 0 Å². The van der Waals surface area contributed by atoms with Gasteiger partial charge in [0.05, 0.1) is 5.84 Å². The third-order valence-corrected chi connectivity index (χ3v) is 4.21. The van der Waals surface area contributed by atoms with Crippen molar-refractivity contribution in [3.05, 3.63) is 29.8 Å². The van der Waals surface area contributed by atoms with Crippen LogP contribution in [0.4, 0.5) is 5.69 Å². The molecule has 0 radical (unpaired) electrons. The Bertz CT molecular complexity index is 426. The van der Waals surface area contributed by atoms with Crippen LogP contribution in [-0.4, -0.2) is 23.8 Å². The van der Waals surface area contributed by atoms with Crippen LogP contribution in [0.3, 0.4) is 0 Å². The third-order valence-electron chi connectivity index (χ3n) is 4.21. The maximum atomic E-state index is 8.11. The molecule has 2 aliphatic rings. The van der Waals surface area contributed by atoms with Gasteiger partial charge in [0.1, 0.15) is 0 Å². The maximum Gasteiger partial charge on any atom is 0.0989 e. The molecular weight excluding hydrogens is 222 g/mol. The molecule has 3 rings (SSSR count). The topological polar surface area (TPSA) is 53.1 Å². The Kier molecular flexibility index (Phi) is 2.98. The number of likely N-dealkylation sites (tertiary alicyclic amines) is 1. The summed E-state index contributed by atoms with van der Waals surface area (Å²) in [5, 5.41) is 8.11. The molecule has 1 aliphatic carbocycles. The highest BCUT2D eigenvalue weighted by atomic mass is 15.2. The molecule has 2 fully saturated rings. The minimum absolute atomic E-state index is 0.582. The van der Waals surface area contributed by atoms with Crippen LogP contribution in [0.25, 0.3) is 0 Å². The molecule has 3 heteroatoms. The summed E-state index contributed by atoms with van der Waals surface area (Å²) < 4.78 is 0. The van der Waals surface area contributed by atoms with Crippen LogP contribution in [0, 0.1) is 11.3 Å². The lowest BCUT2D eigenvalue weighted by molar-refractivity contribution is 0.305. The van der Waals surface area contributed by atoms with Gasteiger partial charge < -0.3 is 10.6 Å². The first kappa shape index (κ1) is 11.6. The van der Waals surface area contributed by atoms with Crippen LogP contribution in [0.15, 0.2) is 24.3 Å². The van der Waals surface area contributed by atoms with Crippen molar-refractivity contribution in [3.63, 3.8) is 0 Å². The predicted molar refractivity (Wildman–Crippen MR) is 74.9 cm³/mol. The highest BCUT2D eigenvalue weighted by Crippen LogP contribution is 2.34. The van der Waals surface area contributed by atoms with Crippen LogP contribution in [-0.2, 0) is 0 Å². The van der Waals surface area contributed by atoms with Gasteiger partial charge in [0, 0.05) is 24.7 Å². The van der Waals surface area contributed by atoms with Crippen LogP contribution in [0.1, 0.15) is 37.2 Å². The van der Waals surface area contributed by atoms with E-state index in [1.807, 2.05) is 12.1 Å². The summed E-state index contributed by atoms with van der Waals surface area (Å²) in [5.41, 5.74) is 7.97. The first-order chi connectivity index (χ1) is 8.74. The van der Waals surface area contributed by atoms with Crippen molar-refractivity contribution < 1.29 is 0 Å². The van der Waals surface area contributed by atoms with Gasteiger partial charge in [-0.3, -0.25) is 5.41 Å². The molecule has 1 saturated heterocycles. The summed E-state index contributed by atoms with van der Waals surface area (Å²) in [6, 6.07) is 8.30. The highest BCUT2D eigenvalue weighted by Gasteiger charge is 2.32. The van der Waals surface area contributed by atoms with Gasteiger partial charge in [-0.2, -0.15) is 0 Å². The number of hydrogen-bond acceptors (Lipinski definition) is 2. The zero-order valence-corrected chi connectivity index (χ0v) is 10.7. The lowest BCUT2D eigenvalue weighted by Gasteiger charge is -2.34. The molecule has 0 aromatic heterocycles. The fraction of sp³-hybridized carbons (Fsp3) is 0.533. The summed E-state index contributed by atoms with van der Waals surface area (Å²) >= 11 is 0. The van der Waals surface area contributed by atoms with Gasteiger partial charge in [0.15, 0.2) is 0 Å². The number of nitrogens with two attached hydrogens (primary N) is 1. The Morgan fingerprint density at radius 2 is 1.67 bits per heavy atom. The molecule has 96 valence electrons. The minimum Gasteiger partial charge on any atom is -0.399 e. The molecule has 0 bridgehead atoms. The van der Waals surface area contributed by atoms with Crippen LogP contribution >= 0.6 is 0 Å². The molecule has 0 spiro atoms. The highest BCUT2D eigenvalue weighted by molar-refractivity contribution is 5.83. The number of piperidine rings is 1. The summed E-state index contributed by atoms with van der Waals surface area (Å²) in [7, 11) is 0. The van der Waals surface area contributed by atoms with E-state index in [1.54, 1.807) is 0 Å². The quantitative estimate of drug-likeness (QED) is 0.477. The normalized spacial score (nSPS) is 21.0. The van der Waals surface area contributed by atoms with Gasteiger partial charge in [-0.05, 0) is 49.3 Å². The standard InChI is InChI=1S/C15H21N3/c16-14-5-3-11(4-6-14)12-7-9-18(10-8-12)15(17)13-1-2-13/h3-6,12-13,17H,1-2,7-10,16H2. The molecule has 0 atom stereocenters. The molecule has 1 aromatic carbocycles. The van der Waals surface area contributed by atoms with Crippen LogP contribution < -0.4 is 5.73 Å². The Balaban J connectivity index is 1.59. The second-order valence-electron chi connectivity index (χ2n) is 5.59. The zero-order valence-electron chi connectivity index (χ0n) is 10.7.